The number of benzene rings is 1. The molecule has 0 bridgehead atoms. The number of rotatable bonds is 4. The predicted octanol–water partition coefficient (Wildman–Crippen LogP) is 2.29. The smallest absolute Gasteiger partial charge is 0.122 e. The van der Waals surface area contributed by atoms with Gasteiger partial charge in [0.2, 0.25) is 0 Å². The molecule has 2 nitrogen and oxygen atoms in total. The summed E-state index contributed by atoms with van der Waals surface area (Å²) in [6.45, 7) is 7.57. The van der Waals surface area contributed by atoms with Crippen molar-refractivity contribution in [2.45, 2.75) is 25.9 Å². The molecule has 1 heterocycles. The lowest BCUT2D eigenvalue weighted by Gasteiger charge is -2.09. The van der Waals surface area contributed by atoms with Crippen LogP contribution in [0.5, 0.6) is 5.75 Å². The first-order valence-electron chi connectivity index (χ1n) is 5.40. The summed E-state index contributed by atoms with van der Waals surface area (Å²) in [5.74, 6) is 1.05. The summed E-state index contributed by atoms with van der Waals surface area (Å²) in [6, 6.07) is 6.77. The average Bonchev–Trinajstić information content (AvgIpc) is 2.72. The molecule has 80 valence electrons. The van der Waals surface area contributed by atoms with Gasteiger partial charge in [0.25, 0.3) is 0 Å². The summed E-state index contributed by atoms with van der Waals surface area (Å²) in [6.07, 6.45) is 2.96. The Morgan fingerprint density at radius 2 is 2.47 bits per heavy atom. The van der Waals surface area contributed by atoms with Crippen LogP contribution in [0.2, 0.25) is 0 Å². The summed E-state index contributed by atoms with van der Waals surface area (Å²) in [5.41, 5.74) is 2.65. The molecule has 1 aliphatic rings. The second-order valence-corrected chi connectivity index (χ2v) is 3.95. The van der Waals surface area contributed by atoms with Crippen molar-refractivity contribution >= 4 is 0 Å². The van der Waals surface area contributed by atoms with Crippen LogP contribution in [0.25, 0.3) is 0 Å². The standard InChI is InChI=1S/C13H17NO/c1-3-10(2)14-9-11-4-5-13-12(8-11)6-7-15-13/h3-5,8,10,14H,1,6-7,9H2,2H3. The van der Waals surface area contributed by atoms with Crippen molar-refractivity contribution in [3.05, 3.63) is 42.0 Å². The van der Waals surface area contributed by atoms with Gasteiger partial charge in [-0.1, -0.05) is 18.2 Å². The van der Waals surface area contributed by atoms with Crippen molar-refractivity contribution in [2.24, 2.45) is 0 Å². The molecule has 0 saturated heterocycles. The molecule has 0 saturated carbocycles. The van der Waals surface area contributed by atoms with E-state index in [1.54, 1.807) is 0 Å². The van der Waals surface area contributed by atoms with E-state index >= 15 is 0 Å². The van der Waals surface area contributed by atoms with Crippen molar-refractivity contribution in [1.82, 2.24) is 5.32 Å². The van der Waals surface area contributed by atoms with Crippen molar-refractivity contribution in [2.75, 3.05) is 6.61 Å². The van der Waals surface area contributed by atoms with E-state index in [0.717, 1.165) is 25.3 Å². The van der Waals surface area contributed by atoms with Gasteiger partial charge >= 0.3 is 0 Å². The molecule has 0 aromatic heterocycles. The zero-order valence-corrected chi connectivity index (χ0v) is 9.12. The molecule has 0 fully saturated rings. The second-order valence-electron chi connectivity index (χ2n) is 3.95. The summed E-state index contributed by atoms with van der Waals surface area (Å²) < 4.78 is 5.46. The van der Waals surface area contributed by atoms with Gasteiger partial charge in [-0.25, -0.2) is 0 Å². The lowest BCUT2D eigenvalue weighted by atomic mass is 10.1. The van der Waals surface area contributed by atoms with E-state index in [1.807, 2.05) is 6.08 Å². The lowest BCUT2D eigenvalue weighted by molar-refractivity contribution is 0.357. The van der Waals surface area contributed by atoms with E-state index in [0.29, 0.717) is 6.04 Å². The van der Waals surface area contributed by atoms with Gasteiger partial charge in [0.05, 0.1) is 6.61 Å². The highest BCUT2D eigenvalue weighted by molar-refractivity contribution is 5.39. The van der Waals surface area contributed by atoms with Gasteiger partial charge < -0.3 is 10.1 Å². The molecule has 2 rings (SSSR count). The minimum Gasteiger partial charge on any atom is -0.493 e. The third-order valence-corrected chi connectivity index (χ3v) is 2.74. The van der Waals surface area contributed by atoms with Crippen LogP contribution in [0.1, 0.15) is 18.1 Å². The molecule has 15 heavy (non-hydrogen) atoms. The average molecular weight is 203 g/mol. The molecule has 1 unspecified atom stereocenters. The summed E-state index contributed by atoms with van der Waals surface area (Å²) in [4.78, 5) is 0. The van der Waals surface area contributed by atoms with Crippen LogP contribution < -0.4 is 10.1 Å². The van der Waals surface area contributed by atoms with Crippen LogP contribution in [-0.2, 0) is 13.0 Å². The third kappa shape index (κ3) is 2.39. The van der Waals surface area contributed by atoms with E-state index in [4.69, 9.17) is 4.74 Å². The molecular formula is C13H17NO. The van der Waals surface area contributed by atoms with Crippen LogP contribution in [0.15, 0.2) is 30.9 Å². The SMILES string of the molecule is C=CC(C)NCc1ccc2c(c1)CCO2. The first-order chi connectivity index (χ1) is 7.29. The van der Waals surface area contributed by atoms with Gasteiger partial charge in [-0.3, -0.25) is 0 Å². The highest BCUT2D eigenvalue weighted by Gasteiger charge is 2.11. The number of ether oxygens (including phenoxy) is 1. The molecule has 1 aliphatic heterocycles. The van der Waals surface area contributed by atoms with Crippen molar-refractivity contribution in [1.29, 1.82) is 0 Å². The molecule has 0 spiro atoms. The fourth-order valence-electron chi connectivity index (χ4n) is 1.71. The van der Waals surface area contributed by atoms with Gasteiger partial charge in [-0.05, 0) is 24.1 Å². The van der Waals surface area contributed by atoms with E-state index in [2.05, 4.69) is 37.0 Å². The van der Waals surface area contributed by atoms with Crippen LogP contribution in [0, 0.1) is 0 Å². The van der Waals surface area contributed by atoms with Crippen molar-refractivity contribution in [3.63, 3.8) is 0 Å². The minimum absolute atomic E-state index is 0.356. The van der Waals surface area contributed by atoms with E-state index in [1.165, 1.54) is 11.1 Å². The second kappa shape index (κ2) is 4.49. The van der Waals surface area contributed by atoms with Gasteiger partial charge in [0.15, 0.2) is 0 Å². The Hall–Kier alpha value is -1.28. The first-order valence-corrected chi connectivity index (χ1v) is 5.40. The Kier molecular flexibility index (Phi) is 3.07. The number of nitrogens with one attached hydrogen (secondary N) is 1. The van der Waals surface area contributed by atoms with Gasteiger partial charge in [0.1, 0.15) is 5.75 Å². The maximum Gasteiger partial charge on any atom is 0.122 e. The Morgan fingerprint density at radius 3 is 3.27 bits per heavy atom. The predicted molar refractivity (Wildman–Crippen MR) is 62.1 cm³/mol. The molecule has 2 heteroatoms. The Morgan fingerprint density at radius 1 is 1.60 bits per heavy atom. The van der Waals surface area contributed by atoms with Gasteiger partial charge in [-0.15, -0.1) is 6.58 Å². The van der Waals surface area contributed by atoms with Crippen LogP contribution in [0.4, 0.5) is 0 Å². The molecule has 0 aliphatic carbocycles. The monoisotopic (exact) mass is 203 g/mol. The highest BCUT2D eigenvalue weighted by atomic mass is 16.5. The number of hydrogen-bond acceptors (Lipinski definition) is 2. The topological polar surface area (TPSA) is 21.3 Å². The van der Waals surface area contributed by atoms with Gasteiger partial charge in [0, 0.05) is 19.0 Å². The third-order valence-electron chi connectivity index (χ3n) is 2.74. The van der Waals surface area contributed by atoms with Crippen LogP contribution >= 0.6 is 0 Å². The molecular weight excluding hydrogens is 186 g/mol. The molecule has 1 atom stereocenters. The minimum atomic E-state index is 0.356. The quantitative estimate of drug-likeness (QED) is 0.758. The fraction of sp³-hybridized carbons (Fsp3) is 0.385. The lowest BCUT2D eigenvalue weighted by Crippen LogP contribution is -2.22. The van der Waals surface area contributed by atoms with E-state index in [9.17, 15) is 0 Å². The van der Waals surface area contributed by atoms with Crippen LogP contribution in [0.3, 0.4) is 0 Å². The largest absolute Gasteiger partial charge is 0.493 e. The van der Waals surface area contributed by atoms with E-state index in [-0.39, 0.29) is 0 Å². The highest BCUT2D eigenvalue weighted by Crippen LogP contribution is 2.25. The van der Waals surface area contributed by atoms with Crippen molar-refractivity contribution in [3.8, 4) is 5.75 Å². The zero-order valence-electron chi connectivity index (χ0n) is 9.12. The zero-order chi connectivity index (χ0) is 10.7. The van der Waals surface area contributed by atoms with Gasteiger partial charge in [-0.2, -0.15) is 0 Å². The fourth-order valence-corrected chi connectivity index (χ4v) is 1.71. The molecule has 1 aromatic carbocycles. The normalized spacial score (nSPS) is 15.5. The van der Waals surface area contributed by atoms with Crippen LogP contribution in [-0.4, -0.2) is 12.6 Å². The Labute approximate surface area is 91.0 Å². The van der Waals surface area contributed by atoms with Crippen molar-refractivity contribution < 1.29 is 4.74 Å². The first kappa shape index (κ1) is 10.2. The van der Waals surface area contributed by atoms with E-state index < -0.39 is 0 Å². The summed E-state index contributed by atoms with van der Waals surface area (Å²) in [7, 11) is 0. The summed E-state index contributed by atoms with van der Waals surface area (Å²) >= 11 is 0. The maximum atomic E-state index is 5.46. The number of fused-ring (bicyclic) bond motifs is 1. The molecule has 1 N–H and O–H groups in total. The summed E-state index contributed by atoms with van der Waals surface area (Å²) in [5, 5.41) is 3.38. The molecule has 0 radical (unpaired) electrons. The molecule has 0 amide bonds. The molecule has 1 aromatic rings. The number of hydrogen-bond donors (Lipinski definition) is 1. The maximum absolute atomic E-state index is 5.46. The Balaban J connectivity index is 2.00. The Bertz CT molecular complexity index is 360.